The van der Waals surface area contributed by atoms with Crippen molar-refractivity contribution in [2.45, 2.75) is 62.4 Å². The molecule has 4 unspecified atom stereocenters. The summed E-state index contributed by atoms with van der Waals surface area (Å²) < 4.78 is 0. The zero-order chi connectivity index (χ0) is 11.8. The van der Waals surface area contributed by atoms with E-state index in [9.17, 15) is 0 Å². The Labute approximate surface area is 110 Å². The Kier molecular flexibility index (Phi) is 3.69. The van der Waals surface area contributed by atoms with Crippen LogP contribution in [-0.2, 0) is 0 Å². The van der Waals surface area contributed by atoms with Gasteiger partial charge in [-0.25, -0.2) is 0 Å². The third kappa shape index (κ3) is 2.39. The van der Waals surface area contributed by atoms with E-state index >= 15 is 0 Å². The number of hydrogen-bond donors (Lipinski definition) is 0. The molecule has 17 heavy (non-hydrogen) atoms. The standard InChI is InChI=1S/C14H26N2S/c1-11-9-15-7-3-4-13(15)10-16(11)12-5-6-14(8-12)17-2/h11-14H,3-10H2,1-2H3. The summed E-state index contributed by atoms with van der Waals surface area (Å²) in [5.74, 6) is 0. The van der Waals surface area contributed by atoms with Crippen LogP contribution in [0.3, 0.4) is 0 Å². The summed E-state index contributed by atoms with van der Waals surface area (Å²) in [6.07, 6.45) is 9.50. The van der Waals surface area contributed by atoms with Crippen molar-refractivity contribution in [1.29, 1.82) is 0 Å². The van der Waals surface area contributed by atoms with E-state index in [1.54, 1.807) is 0 Å². The zero-order valence-electron chi connectivity index (χ0n) is 11.3. The SMILES string of the molecule is CSC1CCC(N2CC3CCCN3CC2C)C1. The Morgan fingerprint density at radius 2 is 1.94 bits per heavy atom. The number of nitrogens with zero attached hydrogens (tertiary/aromatic N) is 2. The summed E-state index contributed by atoms with van der Waals surface area (Å²) in [5.41, 5.74) is 0. The van der Waals surface area contributed by atoms with E-state index in [1.165, 1.54) is 51.7 Å². The van der Waals surface area contributed by atoms with Crippen molar-refractivity contribution >= 4 is 11.8 Å². The van der Waals surface area contributed by atoms with Gasteiger partial charge in [-0.05, 0) is 51.8 Å². The summed E-state index contributed by atoms with van der Waals surface area (Å²) in [5, 5.41) is 0.939. The Balaban J connectivity index is 1.63. The first-order valence-electron chi connectivity index (χ1n) is 7.30. The molecule has 3 heteroatoms. The van der Waals surface area contributed by atoms with Crippen LogP contribution in [0, 0.1) is 0 Å². The van der Waals surface area contributed by atoms with Gasteiger partial charge in [0.05, 0.1) is 0 Å². The molecule has 2 nitrogen and oxygen atoms in total. The van der Waals surface area contributed by atoms with Crippen LogP contribution >= 0.6 is 11.8 Å². The molecule has 0 aromatic carbocycles. The molecule has 1 saturated carbocycles. The fourth-order valence-corrected chi connectivity index (χ4v) is 4.94. The van der Waals surface area contributed by atoms with Crippen molar-refractivity contribution in [3.8, 4) is 0 Å². The van der Waals surface area contributed by atoms with Crippen molar-refractivity contribution in [2.24, 2.45) is 0 Å². The van der Waals surface area contributed by atoms with Crippen molar-refractivity contribution in [2.75, 3.05) is 25.9 Å². The molecule has 2 aliphatic heterocycles. The average Bonchev–Trinajstić information content (AvgIpc) is 2.94. The van der Waals surface area contributed by atoms with Gasteiger partial charge in [0.15, 0.2) is 0 Å². The normalized spacial score (nSPS) is 44.1. The van der Waals surface area contributed by atoms with Crippen molar-refractivity contribution in [3.63, 3.8) is 0 Å². The van der Waals surface area contributed by atoms with E-state index in [4.69, 9.17) is 0 Å². The molecule has 0 bridgehead atoms. The molecule has 4 atom stereocenters. The van der Waals surface area contributed by atoms with Gasteiger partial charge in [-0.3, -0.25) is 9.80 Å². The van der Waals surface area contributed by atoms with Gasteiger partial charge in [-0.15, -0.1) is 0 Å². The Morgan fingerprint density at radius 3 is 2.71 bits per heavy atom. The number of thioether (sulfide) groups is 1. The van der Waals surface area contributed by atoms with E-state index in [2.05, 4.69) is 34.7 Å². The molecule has 3 rings (SSSR count). The van der Waals surface area contributed by atoms with Crippen LogP contribution < -0.4 is 0 Å². The van der Waals surface area contributed by atoms with Gasteiger partial charge in [-0.1, -0.05) is 0 Å². The van der Waals surface area contributed by atoms with Crippen LogP contribution in [0.2, 0.25) is 0 Å². The van der Waals surface area contributed by atoms with E-state index in [0.717, 1.165) is 23.4 Å². The predicted octanol–water partition coefficient (Wildman–Crippen LogP) is 2.44. The fourth-order valence-electron chi connectivity index (χ4n) is 4.15. The van der Waals surface area contributed by atoms with Gasteiger partial charge in [0.1, 0.15) is 0 Å². The van der Waals surface area contributed by atoms with Crippen LogP contribution in [0.4, 0.5) is 0 Å². The molecule has 3 aliphatic rings. The average molecular weight is 254 g/mol. The maximum Gasteiger partial charge on any atom is 0.0224 e. The summed E-state index contributed by atoms with van der Waals surface area (Å²) >= 11 is 2.08. The number of piperazine rings is 1. The highest BCUT2D eigenvalue weighted by Gasteiger charge is 2.39. The topological polar surface area (TPSA) is 6.48 Å². The molecule has 0 amide bonds. The number of hydrogen-bond acceptors (Lipinski definition) is 3. The predicted molar refractivity (Wildman–Crippen MR) is 75.7 cm³/mol. The number of fused-ring (bicyclic) bond motifs is 1. The van der Waals surface area contributed by atoms with Gasteiger partial charge in [0, 0.05) is 36.5 Å². The second-order valence-electron chi connectivity index (χ2n) is 6.16. The summed E-state index contributed by atoms with van der Waals surface area (Å²) in [7, 11) is 0. The lowest BCUT2D eigenvalue weighted by atomic mass is 10.0. The zero-order valence-corrected chi connectivity index (χ0v) is 12.1. The summed E-state index contributed by atoms with van der Waals surface area (Å²) in [6.45, 7) is 6.49. The molecule has 0 aromatic heterocycles. The quantitative estimate of drug-likeness (QED) is 0.747. The van der Waals surface area contributed by atoms with Crippen LogP contribution in [0.1, 0.15) is 39.0 Å². The molecule has 98 valence electrons. The maximum absolute atomic E-state index is 2.85. The van der Waals surface area contributed by atoms with Crippen molar-refractivity contribution in [3.05, 3.63) is 0 Å². The monoisotopic (exact) mass is 254 g/mol. The smallest absolute Gasteiger partial charge is 0.0224 e. The first kappa shape index (κ1) is 12.3. The minimum atomic E-state index is 0.787. The number of rotatable bonds is 2. The van der Waals surface area contributed by atoms with Gasteiger partial charge in [0.2, 0.25) is 0 Å². The Morgan fingerprint density at radius 1 is 1.06 bits per heavy atom. The molecule has 1 aliphatic carbocycles. The van der Waals surface area contributed by atoms with Crippen molar-refractivity contribution < 1.29 is 0 Å². The highest BCUT2D eigenvalue weighted by molar-refractivity contribution is 7.99. The Hall–Kier alpha value is 0.270. The van der Waals surface area contributed by atoms with E-state index in [1.807, 2.05) is 0 Å². The molecule has 0 aromatic rings. The molecule has 0 N–H and O–H groups in total. The van der Waals surface area contributed by atoms with Gasteiger partial charge >= 0.3 is 0 Å². The minimum Gasteiger partial charge on any atom is -0.298 e. The minimum absolute atomic E-state index is 0.787. The second kappa shape index (κ2) is 5.10. The lowest BCUT2D eigenvalue weighted by Gasteiger charge is -2.45. The largest absolute Gasteiger partial charge is 0.298 e. The summed E-state index contributed by atoms with van der Waals surface area (Å²) in [6, 6.07) is 2.57. The van der Waals surface area contributed by atoms with Crippen molar-refractivity contribution in [1.82, 2.24) is 9.80 Å². The lowest BCUT2D eigenvalue weighted by molar-refractivity contribution is 0.0299. The van der Waals surface area contributed by atoms with Gasteiger partial charge in [-0.2, -0.15) is 11.8 Å². The fraction of sp³-hybridized carbons (Fsp3) is 1.00. The van der Waals surface area contributed by atoms with E-state index in [-0.39, 0.29) is 0 Å². The van der Waals surface area contributed by atoms with Crippen LogP contribution in [-0.4, -0.2) is 59.1 Å². The molecular weight excluding hydrogens is 228 g/mol. The maximum atomic E-state index is 2.85. The van der Waals surface area contributed by atoms with Gasteiger partial charge in [0.25, 0.3) is 0 Å². The van der Waals surface area contributed by atoms with Crippen LogP contribution in [0.15, 0.2) is 0 Å². The molecule has 2 heterocycles. The van der Waals surface area contributed by atoms with E-state index < -0.39 is 0 Å². The lowest BCUT2D eigenvalue weighted by Crippen LogP contribution is -2.57. The van der Waals surface area contributed by atoms with Crippen LogP contribution in [0.25, 0.3) is 0 Å². The Bertz CT molecular complexity index is 271. The molecule has 2 saturated heterocycles. The third-order valence-corrected chi connectivity index (χ3v) is 6.24. The first-order chi connectivity index (χ1) is 8.28. The molecule has 0 radical (unpaired) electrons. The first-order valence-corrected chi connectivity index (χ1v) is 8.59. The van der Waals surface area contributed by atoms with Crippen LogP contribution in [0.5, 0.6) is 0 Å². The highest BCUT2D eigenvalue weighted by Crippen LogP contribution is 2.35. The third-order valence-electron chi connectivity index (χ3n) is 5.14. The van der Waals surface area contributed by atoms with Gasteiger partial charge < -0.3 is 0 Å². The second-order valence-corrected chi connectivity index (χ2v) is 7.30. The molecule has 0 spiro atoms. The molecular formula is C14H26N2S. The summed E-state index contributed by atoms with van der Waals surface area (Å²) in [4.78, 5) is 5.59. The molecule has 3 fully saturated rings. The van der Waals surface area contributed by atoms with E-state index in [0.29, 0.717) is 0 Å². The highest BCUT2D eigenvalue weighted by atomic mass is 32.2.